The molecule has 2 aromatic carbocycles. The Morgan fingerprint density at radius 3 is 2.41 bits per heavy atom. The molecule has 3 aromatic rings. The van der Waals surface area contributed by atoms with Crippen molar-refractivity contribution in [1.82, 2.24) is 13.6 Å². The predicted octanol–water partition coefficient (Wildman–Crippen LogP) is 5.32. The zero-order chi connectivity index (χ0) is 29.4. The van der Waals surface area contributed by atoms with Crippen molar-refractivity contribution in [1.29, 1.82) is 0 Å². The molecule has 218 valence electrons. The molecular weight excluding hydrogens is 542 g/mol. The van der Waals surface area contributed by atoms with Crippen LogP contribution < -0.4 is 9.46 Å². The van der Waals surface area contributed by atoms with Crippen LogP contribution in [-0.2, 0) is 21.5 Å². The van der Waals surface area contributed by atoms with Gasteiger partial charge in [0.1, 0.15) is 5.75 Å². The number of ether oxygens (including phenoxy) is 1. The predicted molar refractivity (Wildman–Crippen MR) is 158 cm³/mol. The summed E-state index contributed by atoms with van der Waals surface area (Å²) in [7, 11) is -1.09. The van der Waals surface area contributed by atoms with Crippen molar-refractivity contribution in [3.05, 3.63) is 66.2 Å². The number of aromatic nitrogens is 1. The molecule has 9 nitrogen and oxygen atoms in total. The van der Waals surface area contributed by atoms with Gasteiger partial charge in [-0.05, 0) is 79.1 Å². The molecule has 0 atom stereocenters. The van der Waals surface area contributed by atoms with Crippen molar-refractivity contribution < 1.29 is 27.9 Å². The number of nitrogens with zero attached hydrogens (tertiary/aromatic N) is 2. The van der Waals surface area contributed by atoms with Gasteiger partial charge in [-0.2, -0.15) is 12.7 Å². The van der Waals surface area contributed by atoms with Gasteiger partial charge in [-0.15, -0.1) is 6.58 Å². The van der Waals surface area contributed by atoms with Gasteiger partial charge in [0.05, 0.1) is 18.2 Å². The van der Waals surface area contributed by atoms with Crippen LogP contribution in [0, 0.1) is 5.41 Å². The number of hydrogen-bond acceptors (Lipinski definition) is 5. The molecule has 0 radical (unpaired) electrons. The number of carboxylic acid groups (broad SMARTS) is 1. The third-order valence-corrected chi connectivity index (χ3v) is 9.94. The van der Waals surface area contributed by atoms with Crippen LogP contribution in [0.2, 0.25) is 0 Å². The summed E-state index contributed by atoms with van der Waals surface area (Å²) < 4.78 is 35.9. The first-order chi connectivity index (χ1) is 19.6. The van der Waals surface area contributed by atoms with Gasteiger partial charge in [0.2, 0.25) is 0 Å². The monoisotopic (exact) mass is 579 g/mol. The average Bonchev–Trinajstić information content (AvgIpc) is 3.69. The smallest absolute Gasteiger partial charge is 0.311 e. The van der Waals surface area contributed by atoms with Crippen LogP contribution in [0.15, 0.2) is 55.1 Å². The lowest BCUT2D eigenvalue weighted by Gasteiger charge is -2.24. The summed E-state index contributed by atoms with van der Waals surface area (Å²) >= 11 is 0. The van der Waals surface area contributed by atoms with E-state index in [0.29, 0.717) is 12.8 Å². The van der Waals surface area contributed by atoms with Crippen LogP contribution in [-0.4, -0.2) is 55.0 Å². The lowest BCUT2D eigenvalue weighted by atomic mass is 9.81. The van der Waals surface area contributed by atoms with Crippen molar-refractivity contribution in [2.24, 2.45) is 5.41 Å². The number of carbonyl (C=O) groups is 2. The molecule has 2 fully saturated rings. The molecule has 1 heterocycles. The van der Waals surface area contributed by atoms with E-state index < -0.39 is 27.5 Å². The van der Waals surface area contributed by atoms with Crippen LogP contribution in [0.1, 0.15) is 66.8 Å². The first-order valence-electron chi connectivity index (χ1n) is 14.0. The van der Waals surface area contributed by atoms with E-state index in [9.17, 15) is 23.1 Å². The molecule has 5 rings (SSSR count). The summed E-state index contributed by atoms with van der Waals surface area (Å²) in [4.78, 5) is 25.5. The molecule has 2 aliphatic carbocycles. The summed E-state index contributed by atoms with van der Waals surface area (Å²) in [6.45, 7) is 3.87. The molecule has 0 aliphatic heterocycles. The second-order valence-electron chi connectivity index (χ2n) is 11.2. The highest BCUT2D eigenvalue weighted by molar-refractivity contribution is 7.87. The van der Waals surface area contributed by atoms with E-state index >= 15 is 0 Å². The minimum Gasteiger partial charge on any atom is -0.497 e. The Morgan fingerprint density at radius 1 is 1.15 bits per heavy atom. The second kappa shape index (κ2) is 11.3. The molecule has 1 aromatic heterocycles. The molecule has 2 aliphatic rings. The lowest BCUT2D eigenvalue weighted by molar-refractivity contribution is -0.143. The summed E-state index contributed by atoms with van der Waals surface area (Å²) in [6, 6.07) is 13.0. The molecule has 1 amide bonds. The van der Waals surface area contributed by atoms with Gasteiger partial charge >= 0.3 is 16.2 Å². The van der Waals surface area contributed by atoms with E-state index in [2.05, 4.69) is 15.9 Å². The summed E-state index contributed by atoms with van der Waals surface area (Å²) in [5, 5.41) is 11.1. The number of methoxy groups -OCH3 is 1. The molecule has 41 heavy (non-hydrogen) atoms. The molecular formula is C31H37N3O6S. The third-order valence-electron chi connectivity index (χ3n) is 8.53. The molecule has 0 saturated heterocycles. The van der Waals surface area contributed by atoms with Crippen LogP contribution in [0.4, 0.5) is 0 Å². The van der Waals surface area contributed by atoms with Gasteiger partial charge in [-0.3, -0.25) is 9.59 Å². The molecule has 0 bridgehead atoms. The number of carboxylic acids is 1. The number of carbonyl (C=O) groups excluding carboxylic acids is 1. The fourth-order valence-corrected chi connectivity index (χ4v) is 6.78. The third kappa shape index (κ3) is 5.63. The maximum Gasteiger partial charge on any atom is 0.311 e. The standard InChI is InChI=1S/C31H37N3O6S/c1-4-18-33(2)41(38,39)32-29(35)23-12-15-25-26(19-23)34(20-31(16-17-31)30(36)37)28(22-10-13-24(40-3)14-11-22)27(25)21-8-6-5-7-9-21/h4,10-15,19,21H,1,5-9,16-18,20H2,2-3H3,(H,32,35)(H,36,37). The van der Waals surface area contributed by atoms with Gasteiger partial charge in [-0.25, -0.2) is 4.72 Å². The quantitative estimate of drug-likeness (QED) is 0.297. The lowest BCUT2D eigenvalue weighted by Crippen LogP contribution is -2.41. The summed E-state index contributed by atoms with van der Waals surface area (Å²) in [6.07, 6.45) is 8.09. The van der Waals surface area contributed by atoms with E-state index in [-0.39, 0.29) is 24.6 Å². The number of hydrogen-bond donors (Lipinski definition) is 2. The van der Waals surface area contributed by atoms with Gasteiger partial charge in [-0.1, -0.05) is 31.4 Å². The number of rotatable bonds is 11. The van der Waals surface area contributed by atoms with Crippen molar-refractivity contribution >= 4 is 33.0 Å². The first kappa shape index (κ1) is 28.9. The Hall–Kier alpha value is -3.63. The van der Waals surface area contributed by atoms with E-state index in [1.54, 1.807) is 19.2 Å². The van der Waals surface area contributed by atoms with Gasteiger partial charge in [0.15, 0.2) is 0 Å². The summed E-state index contributed by atoms with van der Waals surface area (Å²) in [5.41, 5.74) is 3.11. The van der Waals surface area contributed by atoms with Gasteiger partial charge in [0.25, 0.3) is 5.91 Å². The average molecular weight is 580 g/mol. The van der Waals surface area contributed by atoms with Crippen molar-refractivity contribution in [2.45, 2.75) is 57.4 Å². The Bertz CT molecular complexity index is 1580. The van der Waals surface area contributed by atoms with Crippen LogP contribution in [0.3, 0.4) is 0 Å². The largest absolute Gasteiger partial charge is 0.497 e. The highest BCUT2D eigenvalue weighted by Gasteiger charge is 2.51. The molecule has 2 saturated carbocycles. The zero-order valence-corrected chi connectivity index (χ0v) is 24.4. The number of aliphatic carboxylic acids is 1. The highest BCUT2D eigenvalue weighted by Crippen LogP contribution is 2.51. The number of nitrogens with one attached hydrogen (secondary N) is 1. The van der Waals surface area contributed by atoms with Crippen LogP contribution >= 0.6 is 0 Å². The fraction of sp³-hybridized carbons (Fsp3) is 0.419. The van der Waals surface area contributed by atoms with Gasteiger partial charge < -0.3 is 14.4 Å². The number of benzene rings is 2. The second-order valence-corrected chi connectivity index (χ2v) is 13.0. The SMILES string of the molecule is C=CCN(C)S(=O)(=O)NC(=O)c1ccc2c(C3CCCCC3)c(-c3ccc(OC)cc3)n(CC3(C(=O)O)CC3)c2c1. The Balaban J connectivity index is 1.69. The van der Waals surface area contributed by atoms with E-state index in [0.717, 1.165) is 63.5 Å². The normalized spacial score (nSPS) is 17.0. The zero-order valence-electron chi connectivity index (χ0n) is 23.6. The minimum atomic E-state index is -4.07. The van der Waals surface area contributed by atoms with Crippen molar-refractivity contribution in [3.8, 4) is 17.0 Å². The van der Waals surface area contributed by atoms with E-state index in [4.69, 9.17) is 4.74 Å². The van der Waals surface area contributed by atoms with E-state index in [1.165, 1.54) is 19.5 Å². The molecule has 0 spiro atoms. The number of amides is 1. The summed E-state index contributed by atoms with van der Waals surface area (Å²) in [5.74, 6) is -0.566. The fourth-order valence-electron chi connectivity index (χ4n) is 5.97. The Labute approximate surface area is 241 Å². The van der Waals surface area contributed by atoms with Crippen LogP contribution in [0.25, 0.3) is 22.2 Å². The highest BCUT2D eigenvalue weighted by atomic mass is 32.2. The maximum atomic E-state index is 13.2. The molecule has 2 N–H and O–H groups in total. The van der Waals surface area contributed by atoms with E-state index in [1.807, 2.05) is 30.3 Å². The Kier molecular flexibility index (Phi) is 7.98. The molecule has 10 heteroatoms. The topological polar surface area (TPSA) is 118 Å². The Morgan fingerprint density at radius 2 is 1.83 bits per heavy atom. The first-order valence-corrected chi connectivity index (χ1v) is 15.5. The van der Waals surface area contributed by atoms with Crippen molar-refractivity contribution in [2.75, 3.05) is 20.7 Å². The number of fused-ring (bicyclic) bond motifs is 1. The van der Waals surface area contributed by atoms with Gasteiger partial charge in [0, 0.05) is 36.6 Å². The van der Waals surface area contributed by atoms with Crippen molar-refractivity contribution in [3.63, 3.8) is 0 Å². The number of likely N-dealkylation sites (N-methyl/N-ethyl adjacent to an activating group) is 1. The minimum absolute atomic E-state index is 0.0533. The molecule has 0 unspecified atom stereocenters. The maximum absolute atomic E-state index is 13.2. The van der Waals surface area contributed by atoms with Crippen LogP contribution in [0.5, 0.6) is 5.75 Å².